The Bertz CT molecular complexity index is 457. The molecule has 0 saturated heterocycles. The summed E-state index contributed by atoms with van der Waals surface area (Å²) >= 11 is 0. The normalized spacial score (nSPS) is 14.7. The number of nitrogens with zero attached hydrogens (tertiary/aromatic N) is 1. The van der Waals surface area contributed by atoms with Crippen molar-refractivity contribution >= 4 is 15.6 Å². The second kappa shape index (κ2) is 4.57. The van der Waals surface area contributed by atoms with Gasteiger partial charge in [-0.2, -0.15) is 4.36 Å². The van der Waals surface area contributed by atoms with Gasteiger partial charge in [0.2, 0.25) is 0 Å². The van der Waals surface area contributed by atoms with Gasteiger partial charge in [-0.1, -0.05) is 32.0 Å². The Hall–Kier alpha value is -1.16. The summed E-state index contributed by atoms with van der Waals surface area (Å²) in [6, 6.07) is 8.68. The highest BCUT2D eigenvalue weighted by Gasteiger charge is 2.11. The van der Waals surface area contributed by atoms with Crippen molar-refractivity contribution in [3.05, 3.63) is 35.9 Å². The van der Waals surface area contributed by atoms with Crippen LogP contribution in [0.4, 0.5) is 0 Å². The molecule has 1 amide bonds. The topological polar surface area (TPSA) is 46.5 Å². The second-order valence-electron chi connectivity index (χ2n) is 3.67. The van der Waals surface area contributed by atoms with Gasteiger partial charge in [0, 0.05) is 17.1 Å². The molecule has 1 rings (SSSR count). The third kappa shape index (κ3) is 3.16. The molecule has 0 aliphatic heterocycles. The highest BCUT2D eigenvalue weighted by Crippen LogP contribution is 2.06. The quantitative estimate of drug-likeness (QED) is 0.775. The van der Waals surface area contributed by atoms with E-state index >= 15 is 0 Å². The van der Waals surface area contributed by atoms with Crippen LogP contribution in [0.15, 0.2) is 34.7 Å². The van der Waals surface area contributed by atoms with Gasteiger partial charge in [0.1, 0.15) is 0 Å². The van der Waals surface area contributed by atoms with Gasteiger partial charge in [0.15, 0.2) is 0 Å². The molecule has 0 saturated carbocycles. The van der Waals surface area contributed by atoms with Gasteiger partial charge in [-0.25, -0.2) is 4.21 Å². The van der Waals surface area contributed by atoms with E-state index in [2.05, 4.69) is 4.36 Å². The Labute approximate surface area is 90.7 Å². The van der Waals surface area contributed by atoms with Crippen LogP contribution in [0, 0.1) is 0 Å². The molecule has 3 nitrogen and oxygen atoms in total. The fourth-order valence-electron chi connectivity index (χ4n) is 0.903. The van der Waals surface area contributed by atoms with Crippen molar-refractivity contribution in [3.8, 4) is 0 Å². The third-order valence-corrected chi connectivity index (χ3v) is 4.44. The predicted octanol–water partition coefficient (Wildman–Crippen LogP) is 2.33. The van der Waals surface area contributed by atoms with Crippen LogP contribution in [0.5, 0.6) is 0 Å². The lowest BCUT2D eigenvalue weighted by atomic mass is 10.2. The molecule has 1 aromatic rings. The minimum atomic E-state index is -2.42. The van der Waals surface area contributed by atoms with Crippen LogP contribution >= 0.6 is 0 Å². The van der Waals surface area contributed by atoms with Crippen molar-refractivity contribution in [1.29, 1.82) is 0 Å². The summed E-state index contributed by atoms with van der Waals surface area (Å²) in [6.07, 6.45) is 1.51. The van der Waals surface area contributed by atoms with Gasteiger partial charge in [0.25, 0.3) is 5.91 Å². The number of benzene rings is 1. The summed E-state index contributed by atoms with van der Waals surface area (Å²) in [5.74, 6) is -0.406. The van der Waals surface area contributed by atoms with Crippen LogP contribution in [0.25, 0.3) is 0 Å². The molecule has 0 N–H and O–H groups in total. The molecule has 0 aliphatic rings. The Kier molecular flexibility index (Phi) is 3.63. The van der Waals surface area contributed by atoms with Crippen LogP contribution in [0.3, 0.4) is 0 Å². The van der Waals surface area contributed by atoms with Gasteiger partial charge in [0.05, 0.1) is 9.73 Å². The molecule has 0 aromatic heterocycles. The second-order valence-corrected chi connectivity index (χ2v) is 6.52. The van der Waals surface area contributed by atoms with E-state index in [0.717, 1.165) is 0 Å². The van der Waals surface area contributed by atoms with Crippen LogP contribution in [-0.2, 0) is 9.73 Å². The summed E-state index contributed by atoms with van der Waals surface area (Å²) in [5, 5.41) is -0.120. The number of hydrogen-bond donors (Lipinski definition) is 0. The molecule has 0 aliphatic carbocycles. The summed E-state index contributed by atoms with van der Waals surface area (Å²) in [5.41, 5.74) is 0.479. The van der Waals surface area contributed by atoms with Crippen LogP contribution < -0.4 is 0 Å². The predicted molar refractivity (Wildman–Crippen MR) is 62.4 cm³/mol. The van der Waals surface area contributed by atoms with Crippen LogP contribution in [-0.4, -0.2) is 21.6 Å². The van der Waals surface area contributed by atoms with E-state index < -0.39 is 15.6 Å². The molecule has 1 atom stereocenters. The van der Waals surface area contributed by atoms with E-state index in [1.165, 1.54) is 6.26 Å². The molecular formula is C11H15NO2S. The molecule has 15 heavy (non-hydrogen) atoms. The minimum Gasteiger partial charge on any atom is -0.266 e. The first-order valence-electron chi connectivity index (χ1n) is 4.74. The molecule has 0 fully saturated rings. The zero-order valence-electron chi connectivity index (χ0n) is 9.14. The molecule has 0 radical (unpaired) electrons. The third-order valence-electron chi connectivity index (χ3n) is 2.16. The van der Waals surface area contributed by atoms with Gasteiger partial charge in [-0.15, -0.1) is 0 Å². The zero-order valence-corrected chi connectivity index (χ0v) is 9.95. The zero-order chi connectivity index (χ0) is 11.5. The molecule has 0 bridgehead atoms. The molecular weight excluding hydrogens is 210 g/mol. The van der Waals surface area contributed by atoms with Crippen LogP contribution in [0.1, 0.15) is 24.2 Å². The van der Waals surface area contributed by atoms with E-state index in [1.54, 1.807) is 38.1 Å². The van der Waals surface area contributed by atoms with Crippen LogP contribution in [0.2, 0.25) is 0 Å². The van der Waals surface area contributed by atoms with Crippen molar-refractivity contribution in [2.24, 2.45) is 4.36 Å². The number of rotatable bonds is 2. The van der Waals surface area contributed by atoms with Crippen molar-refractivity contribution in [3.63, 3.8) is 0 Å². The van der Waals surface area contributed by atoms with E-state index in [1.807, 2.05) is 6.07 Å². The van der Waals surface area contributed by atoms with Gasteiger partial charge in [-0.3, -0.25) is 4.79 Å². The van der Waals surface area contributed by atoms with E-state index in [4.69, 9.17) is 0 Å². The lowest BCUT2D eigenvalue weighted by Crippen LogP contribution is -2.13. The number of carbonyl (C=O) groups is 1. The maximum Gasteiger partial charge on any atom is 0.285 e. The largest absolute Gasteiger partial charge is 0.285 e. The van der Waals surface area contributed by atoms with Gasteiger partial charge in [-0.05, 0) is 12.1 Å². The Morgan fingerprint density at radius 2 is 1.80 bits per heavy atom. The summed E-state index contributed by atoms with van der Waals surface area (Å²) in [4.78, 5) is 11.6. The molecule has 0 spiro atoms. The minimum absolute atomic E-state index is 0.120. The molecule has 82 valence electrons. The summed E-state index contributed by atoms with van der Waals surface area (Å²) in [7, 11) is -2.42. The van der Waals surface area contributed by atoms with Gasteiger partial charge >= 0.3 is 0 Å². The fourth-order valence-corrected chi connectivity index (χ4v) is 1.55. The summed E-state index contributed by atoms with van der Waals surface area (Å²) in [6.45, 7) is 3.59. The van der Waals surface area contributed by atoms with Crippen molar-refractivity contribution in [2.75, 3.05) is 6.26 Å². The fraction of sp³-hybridized carbons (Fsp3) is 0.364. The number of carbonyl (C=O) groups excluding carboxylic acids is 1. The van der Waals surface area contributed by atoms with E-state index in [9.17, 15) is 9.00 Å². The first-order valence-corrected chi connectivity index (χ1v) is 6.72. The summed E-state index contributed by atoms with van der Waals surface area (Å²) < 4.78 is 15.6. The van der Waals surface area contributed by atoms with Crippen molar-refractivity contribution in [1.82, 2.24) is 0 Å². The smallest absolute Gasteiger partial charge is 0.266 e. The standard InChI is InChI=1S/C11H15NO2S/c1-9(2)15(3,14)12-11(13)10-7-5-4-6-8-10/h4-9H,1-3H3. The van der Waals surface area contributed by atoms with E-state index in [0.29, 0.717) is 5.56 Å². The Morgan fingerprint density at radius 1 is 1.27 bits per heavy atom. The highest BCUT2D eigenvalue weighted by atomic mass is 32.2. The molecule has 4 heteroatoms. The molecule has 1 aromatic carbocycles. The molecule has 0 heterocycles. The number of hydrogen-bond acceptors (Lipinski definition) is 2. The molecule has 1 unspecified atom stereocenters. The maximum atomic E-state index is 11.9. The van der Waals surface area contributed by atoms with E-state index in [-0.39, 0.29) is 5.25 Å². The average Bonchev–Trinajstić information content (AvgIpc) is 2.18. The van der Waals surface area contributed by atoms with Gasteiger partial charge < -0.3 is 0 Å². The first kappa shape index (κ1) is 11.9. The monoisotopic (exact) mass is 225 g/mol. The first-order chi connectivity index (χ1) is 6.93. The van der Waals surface area contributed by atoms with Crippen molar-refractivity contribution in [2.45, 2.75) is 19.1 Å². The SMILES string of the molecule is CC(C)S(C)(=O)=NC(=O)c1ccccc1. The Balaban J connectivity index is 3.04. The number of amides is 1. The lowest BCUT2D eigenvalue weighted by Gasteiger charge is -2.06. The van der Waals surface area contributed by atoms with Crippen molar-refractivity contribution < 1.29 is 9.00 Å². The maximum absolute atomic E-state index is 11.9. The lowest BCUT2D eigenvalue weighted by molar-refractivity contribution is 0.100. The average molecular weight is 225 g/mol. The highest BCUT2D eigenvalue weighted by molar-refractivity contribution is 7.93. The Morgan fingerprint density at radius 3 is 2.27 bits per heavy atom.